The molecule has 2 aromatic rings. The first-order chi connectivity index (χ1) is 17.2. The van der Waals surface area contributed by atoms with Crippen molar-refractivity contribution in [2.24, 2.45) is 5.92 Å². The van der Waals surface area contributed by atoms with Crippen molar-refractivity contribution in [3.05, 3.63) is 53.6 Å². The standard InChI is InChI=1S/C26H34N4O5S/c1-19-4-5-22(16-20(19)2)30-18-21(17-25(30)31)26(32)27-10-11-28-12-14-29(15-13-28)36(33,34)24-8-6-23(35-3)7-9-24/h4-9,16,21H,10-15,17-18H2,1-3H3,(H,27,32). The van der Waals surface area contributed by atoms with E-state index >= 15 is 0 Å². The lowest BCUT2D eigenvalue weighted by atomic mass is 10.1. The van der Waals surface area contributed by atoms with E-state index in [4.69, 9.17) is 4.74 Å². The van der Waals surface area contributed by atoms with Gasteiger partial charge in [-0.05, 0) is 61.4 Å². The first kappa shape index (κ1) is 26.1. The van der Waals surface area contributed by atoms with Crippen molar-refractivity contribution in [3.63, 3.8) is 0 Å². The van der Waals surface area contributed by atoms with Gasteiger partial charge in [-0.15, -0.1) is 0 Å². The molecule has 1 N–H and O–H groups in total. The summed E-state index contributed by atoms with van der Waals surface area (Å²) in [5, 5.41) is 2.96. The summed E-state index contributed by atoms with van der Waals surface area (Å²) in [6.07, 6.45) is 0.209. The Kier molecular flexibility index (Phi) is 7.97. The zero-order chi connectivity index (χ0) is 25.9. The van der Waals surface area contributed by atoms with Gasteiger partial charge in [-0.3, -0.25) is 14.5 Å². The number of nitrogens with zero attached hydrogens (tertiary/aromatic N) is 3. The minimum Gasteiger partial charge on any atom is -0.497 e. The third-order valence-electron chi connectivity index (χ3n) is 7.05. The molecular formula is C26H34N4O5S. The third kappa shape index (κ3) is 5.71. The van der Waals surface area contributed by atoms with Crippen LogP contribution < -0.4 is 15.0 Å². The number of carbonyl (C=O) groups is 2. The average Bonchev–Trinajstić information content (AvgIpc) is 3.27. The Morgan fingerprint density at radius 2 is 1.72 bits per heavy atom. The van der Waals surface area contributed by atoms with E-state index in [0.717, 1.165) is 11.3 Å². The summed E-state index contributed by atoms with van der Waals surface area (Å²) in [6.45, 7) is 7.48. The Balaban J connectivity index is 1.22. The second-order valence-electron chi connectivity index (χ2n) is 9.39. The summed E-state index contributed by atoms with van der Waals surface area (Å²) in [6, 6.07) is 12.3. The van der Waals surface area contributed by atoms with Gasteiger partial charge in [0, 0.05) is 57.9 Å². The van der Waals surface area contributed by atoms with Crippen LogP contribution in [0.3, 0.4) is 0 Å². The molecule has 2 amide bonds. The number of sulfonamides is 1. The summed E-state index contributed by atoms with van der Waals surface area (Å²) >= 11 is 0. The highest BCUT2D eigenvalue weighted by atomic mass is 32.2. The van der Waals surface area contributed by atoms with E-state index in [1.54, 1.807) is 36.3 Å². The van der Waals surface area contributed by atoms with Crippen LogP contribution >= 0.6 is 0 Å². The van der Waals surface area contributed by atoms with Gasteiger partial charge in [0.1, 0.15) is 5.75 Å². The third-order valence-corrected chi connectivity index (χ3v) is 8.97. The van der Waals surface area contributed by atoms with E-state index in [9.17, 15) is 18.0 Å². The molecular weight excluding hydrogens is 480 g/mol. The zero-order valence-electron chi connectivity index (χ0n) is 21.1. The summed E-state index contributed by atoms with van der Waals surface area (Å²) in [5.74, 6) is 0.0920. The van der Waals surface area contributed by atoms with Gasteiger partial charge in [0.25, 0.3) is 0 Å². The van der Waals surface area contributed by atoms with Crippen molar-refractivity contribution >= 4 is 27.5 Å². The monoisotopic (exact) mass is 514 g/mol. The number of hydrogen-bond acceptors (Lipinski definition) is 6. The maximum absolute atomic E-state index is 12.9. The van der Waals surface area contributed by atoms with Gasteiger partial charge in [-0.25, -0.2) is 8.42 Å². The minimum atomic E-state index is -3.55. The van der Waals surface area contributed by atoms with Crippen LogP contribution in [0.5, 0.6) is 5.75 Å². The molecule has 10 heteroatoms. The number of rotatable bonds is 8. The number of carbonyl (C=O) groups excluding carboxylic acids is 2. The van der Waals surface area contributed by atoms with Gasteiger partial charge in [-0.1, -0.05) is 6.07 Å². The molecule has 4 rings (SSSR count). The fourth-order valence-electron chi connectivity index (χ4n) is 4.60. The number of hydrogen-bond donors (Lipinski definition) is 1. The van der Waals surface area contributed by atoms with Crippen molar-refractivity contribution in [2.45, 2.75) is 25.2 Å². The number of benzene rings is 2. The van der Waals surface area contributed by atoms with Gasteiger partial charge in [0.05, 0.1) is 17.9 Å². The second-order valence-corrected chi connectivity index (χ2v) is 11.3. The van der Waals surface area contributed by atoms with Crippen LogP contribution in [0.1, 0.15) is 17.5 Å². The summed E-state index contributed by atoms with van der Waals surface area (Å²) in [4.78, 5) is 29.3. The Hall–Kier alpha value is -2.95. The van der Waals surface area contributed by atoms with Crippen LogP contribution in [-0.2, 0) is 19.6 Å². The Morgan fingerprint density at radius 3 is 2.36 bits per heavy atom. The van der Waals surface area contributed by atoms with Gasteiger partial charge < -0.3 is 15.0 Å². The predicted octanol–water partition coefficient (Wildman–Crippen LogP) is 1.79. The molecule has 0 radical (unpaired) electrons. The summed E-state index contributed by atoms with van der Waals surface area (Å²) < 4.78 is 32.4. The van der Waals surface area contributed by atoms with Gasteiger partial charge in [0.2, 0.25) is 21.8 Å². The molecule has 194 valence electrons. The van der Waals surface area contributed by atoms with Crippen LogP contribution in [0.25, 0.3) is 0 Å². The lowest BCUT2D eigenvalue weighted by Gasteiger charge is -2.34. The van der Waals surface area contributed by atoms with Crippen LogP contribution in [0, 0.1) is 19.8 Å². The smallest absolute Gasteiger partial charge is 0.243 e. The first-order valence-electron chi connectivity index (χ1n) is 12.2. The van der Waals surface area contributed by atoms with Gasteiger partial charge >= 0.3 is 0 Å². The predicted molar refractivity (Wildman–Crippen MR) is 138 cm³/mol. The topological polar surface area (TPSA) is 99.3 Å². The molecule has 2 heterocycles. The molecule has 0 saturated carbocycles. The lowest BCUT2D eigenvalue weighted by molar-refractivity contribution is -0.126. The average molecular weight is 515 g/mol. The van der Waals surface area contributed by atoms with Crippen LogP contribution in [0.2, 0.25) is 0 Å². The zero-order valence-corrected chi connectivity index (χ0v) is 21.9. The largest absolute Gasteiger partial charge is 0.497 e. The fourth-order valence-corrected chi connectivity index (χ4v) is 6.02. The van der Waals surface area contributed by atoms with E-state index in [-0.39, 0.29) is 29.0 Å². The summed E-state index contributed by atoms with van der Waals surface area (Å²) in [7, 11) is -2.01. The molecule has 1 atom stereocenters. The molecule has 2 fully saturated rings. The molecule has 0 aromatic heterocycles. The molecule has 2 aliphatic rings. The molecule has 9 nitrogen and oxygen atoms in total. The second kappa shape index (κ2) is 11.0. The Labute approximate surface area is 213 Å². The molecule has 36 heavy (non-hydrogen) atoms. The molecule has 0 aliphatic carbocycles. The lowest BCUT2D eigenvalue weighted by Crippen LogP contribution is -2.50. The van der Waals surface area contributed by atoms with Crippen molar-refractivity contribution in [1.82, 2.24) is 14.5 Å². The quantitative estimate of drug-likeness (QED) is 0.577. The number of methoxy groups -OCH3 is 1. The molecule has 0 spiro atoms. The molecule has 1 unspecified atom stereocenters. The van der Waals surface area contributed by atoms with Crippen molar-refractivity contribution in [2.75, 3.05) is 57.8 Å². The van der Waals surface area contributed by atoms with E-state index in [1.165, 1.54) is 9.87 Å². The maximum Gasteiger partial charge on any atom is 0.243 e. The van der Waals surface area contributed by atoms with Gasteiger partial charge in [-0.2, -0.15) is 4.31 Å². The number of anilines is 1. The SMILES string of the molecule is COc1ccc(S(=O)(=O)N2CCN(CCNC(=O)C3CC(=O)N(c4ccc(C)c(C)c4)C3)CC2)cc1. The number of amides is 2. The first-order valence-corrected chi connectivity index (χ1v) is 13.6. The number of nitrogens with one attached hydrogen (secondary N) is 1. The Bertz CT molecular complexity index is 1210. The fraction of sp³-hybridized carbons (Fsp3) is 0.462. The molecule has 2 saturated heterocycles. The van der Waals surface area contributed by atoms with E-state index < -0.39 is 10.0 Å². The van der Waals surface area contributed by atoms with Gasteiger partial charge in [0.15, 0.2) is 0 Å². The highest BCUT2D eigenvalue weighted by Gasteiger charge is 2.35. The van der Waals surface area contributed by atoms with Crippen molar-refractivity contribution < 1.29 is 22.7 Å². The van der Waals surface area contributed by atoms with Crippen LogP contribution in [-0.4, -0.2) is 82.4 Å². The highest BCUT2D eigenvalue weighted by molar-refractivity contribution is 7.89. The van der Waals surface area contributed by atoms with E-state index in [2.05, 4.69) is 10.2 Å². The number of ether oxygens (including phenoxy) is 1. The van der Waals surface area contributed by atoms with Crippen LogP contribution in [0.4, 0.5) is 5.69 Å². The molecule has 2 aromatic carbocycles. The van der Waals surface area contributed by atoms with Crippen LogP contribution in [0.15, 0.2) is 47.4 Å². The number of piperazine rings is 1. The van der Waals surface area contributed by atoms with E-state index in [1.807, 2.05) is 32.0 Å². The summed E-state index contributed by atoms with van der Waals surface area (Å²) in [5.41, 5.74) is 3.12. The molecule has 2 aliphatic heterocycles. The maximum atomic E-state index is 12.9. The normalized spacial score (nSPS) is 19.5. The minimum absolute atomic E-state index is 0.0346. The van der Waals surface area contributed by atoms with Crippen molar-refractivity contribution in [1.29, 1.82) is 0 Å². The van der Waals surface area contributed by atoms with E-state index in [0.29, 0.717) is 51.6 Å². The molecule has 0 bridgehead atoms. The number of aryl methyl sites for hydroxylation is 2. The highest BCUT2D eigenvalue weighted by Crippen LogP contribution is 2.27. The Morgan fingerprint density at radius 1 is 1.03 bits per heavy atom. The van der Waals surface area contributed by atoms with Crippen molar-refractivity contribution in [3.8, 4) is 5.75 Å².